The Hall–Kier alpha value is -2.60. The highest BCUT2D eigenvalue weighted by atomic mass is 35.5. The molecule has 2 heterocycles. The Morgan fingerprint density at radius 3 is 2.81 bits per heavy atom. The largest absolute Gasteiger partial charge is 0.409 e. The zero-order valence-corrected chi connectivity index (χ0v) is 11.9. The van der Waals surface area contributed by atoms with Crippen LogP contribution in [0, 0.1) is 6.92 Å². The van der Waals surface area contributed by atoms with E-state index in [1.54, 1.807) is 16.9 Å². The lowest BCUT2D eigenvalue weighted by molar-refractivity contribution is 0.318. The SMILES string of the molecule is Cc1nn(-c2cc(C(N)=NO)c3ccccc3n2)cc1Cl. The summed E-state index contributed by atoms with van der Waals surface area (Å²) >= 11 is 6.03. The maximum absolute atomic E-state index is 8.96. The molecule has 0 fully saturated rings. The number of hydrogen-bond acceptors (Lipinski definition) is 4. The minimum atomic E-state index is 0.0184. The maximum Gasteiger partial charge on any atom is 0.170 e. The van der Waals surface area contributed by atoms with E-state index in [9.17, 15) is 0 Å². The van der Waals surface area contributed by atoms with Gasteiger partial charge in [-0.05, 0) is 19.1 Å². The van der Waals surface area contributed by atoms with E-state index in [2.05, 4.69) is 15.2 Å². The Balaban J connectivity index is 2.30. The second-order valence-electron chi connectivity index (χ2n) is 4.54. The van der Waals surface area contributed by atoms with Crippen LogP contribution in [0.1, 0.15) is 11.3 Å². The van der Waals surface area contributed by atoms with Crippen molar-refractivity contribution in [3.05, 3.63) is 52.8 Å². The van der Waals surface area contributed by atoms with Crippen molar-refractivity contribution >= 4 is 28.3 Å². The molecule has 0 saturated carbocycles. The number of pyridine rings is 1. The minimum absolute atomic E-state index is 0.0184. The standard InChI is InChI=1S/C14H12ClN5O/c1-8-11(15)7-20(18-8)13-6-10(14(16)19-21)9-4-2-3-5-12(9)17-13/h2-7,21H,1H3,(H2,16,19). The number of rotatable bonds is 2. The van der Waals surface area contributed by atoms with Gasteiger partial charge in [0.1, 0.15) is 0 Å². The van der Waals surface area contributed by atoms with Gasteiger partial charge in [0, 0.05) is 10.9 Å². The van der Waals surface area contributed by atoms with Gasteiger partial charge in [-0.3, -0.25) is 0 Å². The number of nitrogens with zero attached hydrogens (tertiary/aromatic N) is 4. The molecule has 1 aromatic carbocycles. The summed E-state index contributed by atoms with van der Waals surface area (Å²) < 4.78 is 1.57. The fourth-order valence-corrected chi connectivity index (χ4v) is 2.23. The van der Waals surface area contributed by atoms with E-state index in [1.807, 2.05) is 31.2 Å². The summed E-state index contributed by atoms with van der Waals surface area (Å²) in [4.78, 5) is 4.53. The van der Waals surface area contributed by atoms with Crippen LogP contribution in [0.3, 0.4) is 0 Å². The quantitative estimate of drug-likeness (QED) is 0.329. The van der Waals surface area contributed by atoms with Crippen LogP contribution in [0.4, 0.5) is 0 Å². The third-order valence-corrected chi connectivity index (χ3v) is 3.53. The number of aryl methyl sites for hydroxylation is 1. The van der Waals surface area contributed by atoms with Crippen molar-refractivity contribution in [2.24, 2.45) is 10.9 Å². The predicted molar refractivity (Wildman–Crippen MR) is 81.1 cm³/mol. The molecular weight excluding hydrogens is 290 g/mol. The van der Waals surface area contributed by atoms with Crippen LogP contribution < -0.4 is 5.73 Å². The molecule has 3 aromatic rings. The maximum atomic E-state index is 8.96. The monoisotopic (exact) mass is 301 g/mol. The fraction of sp³-hybridized carbons (Fsp3) is 0.0714. The van der Waals surface area contributed by atoms with Gasteiger partial charge < -0.3 is 10.9 Å². The van der Waals surface area contributed by atoms with Crippen LogP contribution >= 0.6 is 11.6 Å². The molecule has 0 spiro atoms. The number of hydrogen-bond donors (Lipinski definition) is 2. The van der Waals surface area contributed by atoms with Crippen molar-refractivity contribution in [1.29, 1.82) is 0 Å². The molecule has 0 atom stereocenters. The predicted octanol–water partition coefficient (Wildman–Crippen LogP) is 2.48. The summed E-state index contributed by atoms with van der Waals surface area (Å²) in [5.41, 5.74) is 7.77. The molecule has 0 aliphatic rings. The molecule has 0 amide bonds. The molecule has 7 heteroatoms. The smallest absolute Gasteiger partial charge is 0.170 e. The Morgan fingerprint density at radius 2 is 2.14 bits per heavy atom. The lowest BCUT2D eigenvalue weighted by Gasteiger charge is -2.08. The van der Waals surface area contributed by atoms with Crippen molar-refractivity contribution in [3.63, 3.8) is 0 Å². The van der Waals surface area contributed by atoms with Crippen LogP contribution in [0.15, 0.2) is 41.7 Å². The number of para-hydroxylation sites is 1. The lowest BCUT2D eigenvalue weighted by atomic mass is 10.1. The highest BCUT2D eigenvalue weighted by Crippen LogP contribution is 2.21. The first-order chi connectivity index (χ1) is 10.1. The molecule has 0 radical (unpaired) electrons. The molecule has 3 N–H and O–H groups in total. The van der Waals surface area contributed by atoms with Crippen LogP contribution in [-0.4, -0.2) is 25.8 Å². The van der Waals surface area contributed by atoms with Gasteiger partial charge in [0.25, 0.3) is 0 Å². The summed E-state index contributed by atoms with van der Waals surface area (Å²) in [5.74, 6) is 0.565. The molecule has 0 unspecified atom stereocenters. The second-order valence-corrected chi connectivity index (χ2v) is 4.94. The number of oxime groups is 1. The number of amidine groups is 1. The molecule has 106 valence electrons. The Bertz CT molecular complexity index is 836. The molecule has 0 aliphatic heterocycles. The van der Waals surface area contributed by atoms with Gasteiger partial charge in [-0.25, -0.2) is 9.67 Å². The summed E-state index contributed by atoms with van der Waals surface area (Å²) in [7, 11) is 0. The number of aromatic nitrogens is 3. The molecule has 0 aliphatic carbocycles. The van der Waals surface area contributed by atoms with Gasteiger partial charge in [0.05, 0.1) is 22.4 Å². The summed E-state index contributed by atoms with van der Waals surface area (Å²) in [6, 6.07) is 9.16. The molecule has 2 aromatic heterocycles. The van der Waals surface area contributed by atoms with E-state index in [0.29, 0.717) is 22.1 Å². The normalized spacial score (nSPS) is 12.0. The van der Waals surface area contributed by atoms with E-state index in [-0.39, 0.29) is 5.84 Å². The van der Waals surface area contributed by atoms with Crippen molar-refractivity contribution in [2.75, 3.05) is 0 Å². The molecule has 0 saturated heterocycles. The van der Waals surface area contributed by atoms with E-state index in [0.717, 1.165) is 10.9 Å². The molecule has 21 heavy (non-hydrogen) atoms. The third-order valence-electron chi connectivity index (χ3n) is 3.16. The first kappa shape index (κ1) is 13.4. The number of benzene rings is 1. The first-order valence-electron chi connectivity index (χ1n) is 6.20. The first-order valence-corrected chi connectivity index (χ1v) is 6.58. The fourth-order valence-electron chi connectivity index (χ4n) is 2.10. The van der Waals surface area contributed by atoms with E-state index in [4.69, 9.17) is 22.5 Å². The number of halogens is 1. The molecule has 0 bridgehead atoms. The highest BCUT2D eigenvalue weighted by molar-refractivity contribution is 6.31. The van der Waals surface area contributed by atoms with Gasteiger partial charge in [0.2, 0.25) is 0 Å². The van der Waals surface area contributed by atoms with Gasteiger partial charge in [0.15, 0.2) is 11.7 Å². The minimum Gasteiger partial charge on any atom is -0.409 e. The van der Waals surface area contributed by atoms with Crippen molar-refractivity contribution in [2.45, 2.75) is 6.92 Å². The van der Waals surface area contributed by atoms with E-state index in [1.165, 1.54) is 0 Å². The van der Waals surface area contributed by atoms with Crippen LogP contribution in [0.5, 0.6) is 0 Å². The van der Waals surface area contributed by atoms with Gasteiger partial charge in [-0.2, -0.15) is 5.10 Å². The Labute approximate surface area is 125 Å². The molecule has 3 rings (SSSR count). The summed E-state index contributed by atoms with van der Waals surface area (Å²) in [5, 5.41) is 17.7. The Morgan fingerprint density at radius 1 is 1.38 bits per heavy atom. The number of nitrogens with two attached hydrogens (primary N) is 1. The zero-order valence-electron chi connectivity index (χ0n) is 11.2. The van der Waals surface area contributed by atoms with Crippen LogP contribution in [0.25, 0.3) is 16.7 Å². The third kappa shape index (κ3) is 2.30. The molecular formula is C14H12ClN5O. The van der Waals surface area contributed by atoms with E-state index < -0.39 is 0 Å². The summed E-state index contributed by atoms with van der Waals surface area (Å²) in [6.07, 6.45) is 1.67. The average Bonchev–Trinajstić information content (AvgIpc) is 2.85. The van der Waals surface area contributed by atoms with Gasteiger partial charge >= 0.3 is 0 Å². The van der Waals surface area contributed by atoms with E-state index >= 15 is 0 Å². The Kier molecular flexibility index (Phi) is 3.23. The topological polar surface area (TPSA) is 89.3 Å². The van der Waals surface area contributed by atoms with Crippen LogP contribution in [0.2, 0.25) is 5.02 Å². The van der Waals surface area contributed by atoms with Crippen LogP contribution in [-0.2, 0) is 0 Å². The number of fused-ring (bicyclic) bond motifs is 1. The lowest BCUT2D eigenvalue weighted by Crippen LogP contribution is -2.15. The van der Waals surface area contributed by atoms with Crippen molar-refractivity contribution in [3.8, 4) is 5.82 Å². The van der Waals surface area contributed by atoms with Gasteiger partial charge in [-0.1, -0.05) is 35.0 Å². The van der Waals surface area contributed by atoms with Crippen molar-refractivity contribution < 1.29 is 5.21 Å². The molecule has 6 nitrogen and oxygen atoms in total. The zero-order chi connectivity index (χ0) is 15.0. The summed E-state index contributed by atoms with van der Waals surface area (Å²) in [6.45, 7) is 1.81. The second kappa shape index (κ2) is 5.06. The van der Waals surface area contributed by atoms with Crippen molar-refractivity contribution in [1.82, 2.24) is 14.8 Å². The highest BCUT2D eigenvalue weighted by Gasteiger charge is 2.12. The van der Waals surface area contributed by atoms with Gasteiger partial charge in [-0.15, -0.1) is 0 Å². The average molecular weight is 302 g/mol.